The van der Waals surface area contributed by atoms with Gasteiger partial charge in [0, 0.05) is 0 Å². The molecule has 0 saturated heterocycles. The molecular formula is C14H16O7S2Zn. The van der Waals surface area contributed by atoms with Crippen molar-refractivity contribution >= 4 is 20.2 Å². The van der Waals surface area contributed by atoms with Crippen LogP contribution in [0.15, 0.2) is 60.7 Å². The third kappa shape index (κ3) is 13.3. The van der Waals surface area contributed by atoms with Crippen LogP contribution in [0, 0.1) is 0 Å². The van der Waals surface area contributed by atoms with Crippen LogP contribution in [-0.2, 0) is 51.2 Å². The predicted molar refractivity (Wildman–Crippen MR) is 83.3 cm³/mol. The van der Waals surface area contributed by atoms with E-state index in [0.29, 0.717) is 11.1 Å². The molecule has 0 heterocycles. The number of rotatable bonds is 4. The van der Waals surface area contributed by atoms with Crippen molar-refractivity contribution in [1.29, 1.82) is 0 Å². The van der Waals surface area contributed by atoms with Gasteiger partial charge in [0.15, 0.2) is 0 Å². The van der Waals surface area contributed by atoms with Crippen LogP contribution in [-0.4, -0.2) is 31.4 Å². The molecule has 10 heteroatoms. The number of hydrogen-bond donors (Lipinski definition) is 0. The van der Waals surface area contributed by atoms with Gasteiger partial charge in [0.05, 0.1) is 31.7 Å². The largest absolute Gasteiger partial charge is 2.00 e. The first-order valence-electron chi connectivity index (χ1n) is 6.11. The third-order valence-electron chi connectivity index (χ3n) is 2.37. The Balaban J connectivity index is 0. The summed E-state index contributed by atoms with van der Waals surface area (Å²) >= 11 is 0. The molecule has 0 bridgehead atoms. The van der Waals surface area contributed by atoms with Crippen LogP contribution in [0.5, 0.6) is 0 Å². The molecule has 128 valence electrons. The molecule has 2 aromatic carbocycles. The summed E-state index contributed by atoms with van der Waals surface area (Å²) in [6.45, 7) is 0. The second-order valence-corrected chi connectivity index (χ2v) is 7.18. The summed E-state index contributed by atoms with van der Waals surface area (Å²) in [7, 11) is -8.25. The molecule has 0 amide bonds. The van der Waals surface area contributed by atoms with Gasteiger partial charge in [-0.2, -0.15) is 0 Å². The van der Waals surface area contributed by atoms with Gasteiger partial charge in [-0.25, -0.2) is 16.8 Å². The van der Waals surface area contributed by atoms with Crippen molar-refractivity contribution in [2.24, 2.45) is 0 Å². The molecule has 0 atom stereocenters. The Labute approximate surface area is 154 Å². The molecule has 0 spiro atoms. The van der Waals surface area contributed by atoms with Crippen molar-refractivity contribution in [3.63, 3.8) is 0 Å². The molecule has 0 fully saturated rings. The Morgan fingerprint density at radius 2 is 0.875 bits per heavy atom. The quantitative estimate of drug-likeness (QED) is 0.518. The average molecular weight is 426 g/mol. The zero-order valence-corrected chi connectivity index (χ0v) is 17.3. The van der Waals surface area contributed by atoms with Crippen LogP contribution >= 0.6 is 0 Å². The van der Waals surface area contributed by atoms with Gasteiger partial charge in [-0.3, -0.25) is 0 Å². The smallest absolute Gasteiger partial charge is 0.748 e. The van der Waals surface area contributed by atoms with E-state index >= 15 is 0 Å². The SMILES string of the molecule is O.O=S(=O)([O-])Cc1ccccc1.O=S(=O)([O-])Cc1ccccc1.[Zn+2]. The predicted octanol–water partition coefficient (Wildman–Crippen LogP) is 0.636. The van der Waals surface area contributed by atoms with E-state index in [9.17, 15) is 25.9 Å². The normalized spacial score (nSPS) is 10.4. The van der Waals surface area contributed by atoms with Gasteiger partial charge in [-0.1, -0.05) is 60.7 Å². The van der Waals surface area contributed by atoms with E-state index in [0.717, 1.165) is 0 Å². The summed E-state index contributed by atoms with van der Waals surface area (Å²) < 4.78 is 61.5. The van der Waals surface area contributed by atoms with Gasteiger partial charge in [0.1, 0.15) is 0 Å². The summed E-state index contributed by atoms with van der Waals surface area (Å²) in [6, 6.07) is 16.7. The summed E-state index contributed by atoms with van der Waals surface area (Å²) in [5.74, 6) is -0.846. The molecule has 0 unspecified atom stereocenters. The Morgan fingerprint density at radius 3 is 1.08 bits per heavy atom. The zero-order chi connectivity index (χ0) is 16.6. The fourth-order valence-corrected chi connectivity index (χ4v) is 2.76. The van der Waals surface area contributed by atoms with Gasteiger partial charge < -0.3 is 14.6 Å². The minimum absolute atomic E-state index is 0. The molecule has 24 heavy (non-hydrogen) atoms. The van der Waals surface area contributed by atoms with E-state index < -0.39 is 31.7 Å². The first kappa shape index (κ1) is 25.1. The Hall–Kier alpha value is -1.16. The first-order chi connectivity index (χ1) is 10.2. The van der Waals surface area contributed by atoms with E-state index in [1.54, 1.807) is 60.7 Å². The maximum Gasteiger partial charge on any atom is 2.00 e. The minimum atomic E-state index is -4.13. The van der Waals surface area contributed by atoms with Gasteiger partial charge in [-0.05, 0) is 11.1 Å². The van der Waals surface area contributed by atoms with Crippen molar-refractivity contribution in [2.45, 2.75) is 11.5 Å². The second-order valence-electron chi connectivity index (χ2n) is 4.38. The average Bonchev–Trinajstić information content (AvgIpc) is 2.38. The minimum Gasteiger partial charge on any atom is -0.748 e. The summed E-state index contributed by atoms with van der Waals surface area (Å²) in [4.78, 5) is 0. The van der Waals surface area contributed by atoms with Crippen molar-refractivity contribution < 1.29 is 50.9 Å². The monoisotopic (exact) mass is 424 g/mol. The number of hydrogen-bond acceptors (Lipinski definition) is 6. The van der Waals surface area contributed by atoms with Gasteiger partial charge in [0.25, 0.3) is 0 Å². The fraction of sp³-hybridized carbons (Fsp3) is 0.143. The van der Waals surface area contributed by atoms with Crippen molar-refractivity contribution in [1.82, 2.24) is 0 Å². The maximum atomic E-state index is 10.2. The van der Waals surface area contributed by atoms with E-state index in [1.807, 2.05) is 0 Å². The number of benzene rings is 2. The molecule has 0 aliphatic carbocycles. The van der Waals surface area contributed by atoms with Crippen LogP contribution in [0.4, 0.5) is 0 Å². The van der Waals surface area contributed by atoms with Crippen LogP contribution in [0.25, 0.3) is 0 Å². The zero-order valence-electron chi connectivity index (χ0n) is 12.7. The molecule has 2 rings (SSSR count). The maximum absolute atomic E-state index is 10.2. The second kappa shape index (κ2) is 11.4. The molecule has 0 aromatic heterocycles. The topological polar surface area (TPSA) is 146 Å². The molecule has 7 nitrogen and oxygen atoms in total. The summed E-state index contributed by atoms with van der Waals surface area (Å²) in [6.07, 6.45) is 0. The molecule has 2 N–H and O–H groups in total. The summed E-state index contributed by atoms with van der Waals surface area (Å²) in [5, 5.41) is 0. The van der Waals surface area contributed by atoms with E-state index in [-0.39, 0.29) is 25.0 Å². The first-order valence-corrected chi connectivity index (χ1v) is 9.26. The molecule has 0 radical (unpaired) electrons. The molecule has 0 aliphatic rings. The summed E-state index contributed by atoms with van der Waals surface area (Å²) in [5.41, 5.74) is 1.06. The van der Waals surface area contributed by atoms with Crippen LogP contribution in [0.3, 0.4) is 0 Å². The van der Waals surface area contributed by atoms with Crippen LogP contribution in [0.1, 0.15) is 11.1 Å². The molecule has 0 aliphatic heterocycles. The third-order valence-corrected chi connectivity index (χ3v) is 3.75. The Morgan fingerprint density at radius 1 is 0.625 bits per heavy atom. The molecule has 0 saturated carbocycles. The van der Waals surface area contributed by atoms with Crippen LogP contribution in [0.2, 0.25) is 0 Å². The van der Waals surface area contributed by atoms with E-state index in [2.05, 4.69) is 0 Å². The molecule has 2 aromatic rings. The fourth-order valence-electron chi connectivity index (χ4n) is 1.56. The van der Waals surface area contributed by atoms with Crippen molar-refractivity contribution in [3.8, 4) is 0 Å². The van der Waals surface area contributed by atoms with Crippen molar-refractivity contribution in [2.75, 3.05) is 0 Å². The van der Waals surface area contributed by atoms with E-state index in [4.69, 9.17) is 0 Å². The standard InChI is InChI=1S/2C7H8O3S.H2O.Zn/c2*8-11(9,10)6-7-4-2-1-3-5-7;;/h2*1-5H,6H2,(H,8,9,10);1H2;/q;;;+2/p-2. The Bertz CT molecular complexity index is 707. The Kier molecular flexibility index (Phi) is 11.9. The van der Waals surface area contributed by atoms with Crippen molar-refractivity contribution in [3.05, 3.63) is 71.8 Å². The molecular weight excluding hydrogens is 410 g/mol. The van der Waals surface area contributed by atoms with Crippen LogP contribution < -0.4 is 0 Å². The van der Waals surface area contributed by atoms with Gasteiger partial charge in [0.2, 0.25) is 0 Å². The van der Waals surface area contributed by atoms with Gasteiger partial charge in [-0.15, -0.1) is 0 Å². The van der Waals surface area contributed by atoms with E-state index in [1.165, 1.54) is 0 Å². The van der Waals surface area contributed by atoms with Gasteiger partial charge >= 0.3 is 19.5 Å².